The van der Waals surface area contributed by atoms with Crippen LogP contribution in [0.3, 0.4) is 0 Å². The number of benzene rings is 2. The maximum Gasteiger partial charge on any atom is 0.405 e. The third kappa shape index (κ3) is 4.72. The summed E-state index contributed by atoms with van der Waals surface area (Å²) >= 11 is 0. The largest absolute Gasteiger partial charge is 0.497 e. The van der Waals surface area contributed by atoms with Crippen molar-refractivity contribution in [1.82, 2.24) is 9.97 Å². The Bertz CT molecular complexity index is 1230. The van der Waals surface area contributed by atoms with E-state index in [-0.39, 0.29) is 30.3 Å². The summed E-state index contributed by atoms with van der Waals surface area (Å²) in [6.45, 7) is -1.15. The van der Waals surface area contributed by atoms with Crippen LogP contribution in [0.15, 0.2) is 54.7 Å². The number of ether oxygens (including phenoxy) is 1. The Morgan fingerprint density at radius 3 is 2.37 bits per heavy atom. The zero-order valence-corrected chi connectivity index (χ0v) is 18.7. The summed E-state index contributed by atoms with van der Waals surface area (Å²) in [5.74, 6) is 0.690. The Morgan fingerprint density at radius 2 is 1.77 bits per heavy atom. The van der Waals surface area contributed by atoms with Gasteiger partial charge in [0.05, 0.1) is 25.4 Å². The molecule has 0 spiro atoms. The Morgan fingerprint density at radius 1 is 1.11 bits per heavy atom. The van der Waals surface area contributed by atoms with Crippen molar-refractivity contribution in [2.24, 2.45) is 0 Å². The summed E-state index contributed by atoms with van der Waals surface area (Å²) in [5, 5.41) is 11.9. The van der Waals surface area contributed by atoms with Crippen molar-refractivity contribution in [3.63, 3.8) is 0 Å². The summed E-state index contributed by atoms with van der Waals surface area (Å²) in [6, 6.07) is 13.7. The minimum Gasteiger partial charge on any atom is -0.497 e. The number of carbonyl (C=O) groups is 1. The van der Waals surface area contributed by atoms with Gasteiger partial charge in [0.15, 0.2) is 5.82 Å². The van der Waals surface area contributed by atoms with E-state index in [0.717, 1.165) is 5.56 Å². The first-order valence-electron chi connectivity index (χ1n) is 10.9. The molecule has 1 aromatic heterocycles. The molecule has 2 aromatic carbocycles. The molecule has 2 unspecified atom stereocenters. The quantitative estimate of drug-likeness (QED) is 0.531. The SMILES string of the molecule is COc1ccc(N2Cc3cnc(NCC(F)(F)F)nc3N(c3ccc(C4CC4O)cc3)C2=O)cc1. The molecule has 5 rings (SSSR count). The highest BCUT2D eigenvalue weighted by Gasteiger charge is 2.38. The second kappa shape index (κ2) is 8.73. The van der Waals surface area contributed by atoms with Crippen LogP contribution in [0.1, 0.15) is 23.5 Å². The van der Waals surface area contributed by atoms with Gasteiger partial charge in [-0.2, -0.15) is 18.2 Å². The Hall–Kier alpha value is -3.86. The molecule has 182 valence electrons. The molecule has 0 radical (unpaired) electrons. The third-order valence-corrected chi connectivity index (χ3v) is 5.97. The molecule has 8 nitrogen and oxygen atoms in total. The number of aliphatic hydroxyl groups is 1. The molecule has 11 heteroatoms. The fourth-order valence-electron chi connectivity index (χ4n) is 4.02. The number of urea groups is 1. The highest BCUT2D eigenvalue weighted by atomic mass is 19.4. The predicted octanol–water partition coefficient (Wildman–Crippen LogP) is 4.59. The van der Waals surface area contributed by atoms with Gasteiger partial charge in [-0.15, -0.1) is 0 Å². The van der Waals surface area contributed by atoms with E-state index >= 15 is 0 Å². The summed E-state index contributed by atoms with van der Waals surface area (Å²) < 4.78 is 43.3. The highest BCUT2D eigenvalue weighted by molar-refractivity contribution is 6.10. The first-order valence-corrected chi connectivity index (χ1v) is 10.9. The van der Waals surface area contributed by atoms with Gasteiger partial charge < -0.3 is 15.2 Å². The zero-order valence-electron chi connectivity index (χ0n) is 18.7. The number of amides is 2. The molecule has 3 aromatic rings. The molecule has 2 atom stereocenters. The Balaban J connectivity index is 1.52. The number of aliphatic hydroxyl groups excluding tert-OH is 1. The van der Waals surface area contributed by atoms with Crippen LogP contribution in [0.2, 0.25) is 0 Å². The average molecular weight is 485 g/mol. The monoisotopic (exact) mass is 485 g/mol. The molecule has 1 aliphatic carbocycles. The van der Waals surface area contributed by atoms with Crippen LogP contribution in [-0.4, -0.2) is 47.0 Å². The predicted molar refractivity (Wildman–Crippen MR) is 123 cm³/mol. The third-order valence-electron chi connectivity index (χ3n) is 5.97. The molecular formula is C24H22F3N5O3. The maximum atomic E-state index is 13.7. The van der Waals surface area contributed by atoms with E-state index in [4.69, 9.17) is 4.74 Å². The summed E-state index contributed by atoms with van der Waals surface area (Å²) in [7, 11) is 1.55. The molecule has 0 saturated heterocycles. The minimum absolute atomic E-state index is 0.0738. The zero-order chi connectivity index (χ0) is 24.7. The molecule has 1 aliphatic heterocycles. The fraction of sp³-hybridized carbons (Fsp3) is 0.292. The van der Waals surface area contributed by atoms with E-state index < -0.39 is 18.8 Å². The minimum atomic E-state index is -4.44. The van der Waals surface area contributed by atoms with Gasteiger partial charge in [0.2, 0.25) is 5.95 Å². The highest BCUT2D eigenvalue weighted by Crippen LogP contribution is 2.42. The van der Waals surface area contributed by atoms with Crippen molar-refractivity contribution >= 4 is 29.2 Å². The number of methoxy groups -OCH3 is 1. The van der Waals surface area contributed by atoms with Gasteiger partial charge in [-0.3, -0.25) is 4.90 Å². The average Bonchev–Trinajstić information content (AvgIpc) is 3.58. The summed E-state index contributed by atoms with van der Waals surface area (Å²) in [5.41, 5.74) is 2.63. The molecule has 0 bridgehead atoms. The number of anilines is 4. The lowest BCUT2D eigenvalue weighted by Gasteiger charge is -2.36. The van der Waals surface area contributed by atoms with E-state index in [9.17, 15) is 23.1 Å². The number of rotatable bonds is 6. The molecule has 2 N–H and O–H groups in total. The molecular weight excluding hydrogens is 463 g/mol. The van der Waals surface area contributed by atoms with E-state index in [1.165, 1.54) is 16.0 Å². The van der Waals surface area contributed by atoms with Crippen LogP contribution in [0.25, 0.3) is 0 Å². The smallest absolute Gasteiger partial charge is 0.405 e. The molecule has 2 heterocycles. The number of nitrogens with zero attached hydrogens (tertiary/aromatic N) is 4. The Labute approximate surface area is 199 Å². The summed E-state index contributed by atoms with van der Waals surface area (Å²) in [6.07, 6.45) is -2.69. The number of alkyl halides is 3. The lowest BCUT2D eigenvalue weighted by atomic mass is 10.1. The van der Waals surface area contributed by atoms with Crippen LogP contribution in [0, 0.1) is 0 Å². The van der Waals surface area contributed by atoms with Crippen molar-refractivity contribution in [1.29, 1.82) is 0 Å². The molecule has 2 aliphatic rings. The van der Waals surface area contributed by atoms with Gasteiger partial charge in [-0.05, 0) is 48.4 Å². The normalized spacial score (nSPS) is 19.4. The number of hydrogen-bond donors (Lipinski definition) is 2. The van der Waals surface area contributed by atoms with E-state index in [0.29, 0.717) is 29.1 Å². The van der Waals surface area contributed by atoms with Gasteiger partial charge in [0.25, 0.3) is 0 Å². The first-order chi connectivity index (χ1) is 16.7. The number of aromatic nitrogens is 2. The van der Waals surface area contributed by atoms with Crippen LogP contribution in [0.4, 0.5) is 41.1 Å². The van der Waals surface area contributed by atoms with Crippen molar-refractivity contribution in [2.45, 2.75) is 31.2 Å². The van der Waals surface area contributed by atoms with Gasteiger partial charge in [0, 0.05) is 23.4 Å². The van der Waals surface area contributed by atoms with Crippen LogP contribution in [0.5, 0.6) is 5.75 Å². The van der Waals surface area contributed by atoms with Gasteiger partial charge in [0.1, 0.15) is 12.3 Å². The Kier molecular flexibility index (Phi) is 5.72. The molecule has 2 amide bonds. The lowest BCUT2D eigenvalue weighted by molar-refractivity contribution is -0.115. The first kappa shape index (κ1) is 22.9. The van der Waals surface area contributed by atoms with Gasteiger partial charge in [-0.25, -0.2) is 14.7 Å². The molecule has 1 saturated carbocycles. The van der Waals surface area contributed by atoms with Gasteiger partial charge >= 0.3 is 12.2 Å². The van der Waals surface area contributed by atoms with Crippen molar-refractivity contribution < 1.29 is 27.8 Å². The number of halogens is 3. The van der Waals surface area contributed by atoms with Gasteiger partial charge in [-0.1, -0.05) is 12.1 Å². The molecule has 35 heavy (non-hydrogen) atoms. The molecule has 1 fully saturated rings. The second-order valence-electron chi connectivity index (χ2n) is 8.41. The number of nitrogens with one attached hydrogen (secondary N) is 1. The number of hydrogen-bond acceptors (Lipinski definition) is 6. The number of fused-ring (bicyclic) bond motifs is 1. The van der Waals surface area contributed by atoms with E-state index in [1.54, 1.807) is 43.5 Å². The maximum absolute atomic E-state index is 13.7. The van der Waals surface area contributed by atoms with Crippen molar-refractivity contribution in [3.05, 3.63) is 65.9 Å². The summed E-state index contributed by atoms with van der Waals surface area (Å²) in [4.78, 5) is 24.8. The van der Waals surface area contributed by atoms with E-state index in [1.807, 2.05) is 12.1 Å². The van der Waals surface area contributed by atoms with Crippen molar-refractivity contribution in [3.8, 4) is 5.75 Å². The number of carbonyl (C=O) groups excluding carboxylic acids is 1. The van der Waals surface area contributed by atoms with Crippen LogP contribution in [-0.2, 0) is 6.54 Å². The standard InChI is InChI=1S/C24H22F3N5O3/c1-35-18-8-6-16(7-9-18)31-12-15-11-28-22(29-13-24(25,26)27)30-21(15)32(23(31)34)17-4-2-14(3-5-17)19-10-20(19)33/h2-9,11,19-20,33H,10,12-13H2,1H3,(H,28,29,30). The van der Waals surface area contributed by atoms with Crippen LogP contribution >= 0.6 is 0 Å². The second-order valence-corrected chi connectivity index (χ2v) is 8.41. The van der Waals surface area contributed by atoms with Crippen molar-refractivity contribution in [2.75, 3.05) is 28.8 Å². The lowest BCUT2D eigenvalue weighted by Crippen LogP contribution is -2.45. The topological polar surface area (TPSA) is 90.8 Å². The fourth-order valence-corrected chi connectivity index (χ4v) is 4.02. The van der Waals surface area contributed by atoms with E-state index in [2.05, 4.69) is 15.3 Å². The van der Waals surface area contributed by atoms with Crippen LogP contribution < -0.4 is 19.9 Å².